The van der Waals surface area contributed by atoms with E-state index in [0.29, 0.717) is 17.8 Å². The number of carbonyl (C=O) groups excluding carboxylic acids is 1. The Morgan fingerprint density at radius 1 is 1.20 bits per heavy atom. The highest BCUT2D eigenvalue weighted by Gasteiger charge is 2.24. The molecule has 0 amide bonds. The molecule has 0 bridgehead atoms. The molecule has 1 rings (SSSR count). The minimum atomic E-state index is -0.512. The maximum absolute atomic E-state index is 11.7. The number of nitrogens with zero attached hydrogens (tertiary/aromatic N) is 4. The molecule has 8 nitrogen and oxygen atoms in total. The Bertz CT molecular complexity index is 463. The molecule has 0 radical (unpaired) electrons. The second-order valence-corrected chi connectivity index (χ2v) is 4.82. The second-order valence-electron chi connectivity index (χ2n) is 4.82. The van der Waals surface area contributed by atoms with E-state index in [9.17, 15) is 4.79 Å². The number of anilines is 3. The number of methoxy groups -OCH3 is 1. The molecule has 1 heterocycles. The molecule has 1 aromatic heterocycles. The van der Waals surface area contributed by atoms with Gasteiger partial charge in [0.25, 0.3) is 0 Å². The SMILES string of the molecule is CNc1nc(NC(C(=O)OC)C(C)C)nc(N(C)C)n1. The van der Waals surface area contributed by atoms with Gasteiger partial charge in [0, 0.05) is 21.1 Å². The summed E-state index contributed by atoms with van der Waals surface area (Å²) in [6.07, 6.45) is 0. The summed E-state index contributed by atoms with van der Waals surface area (Å²) in [4.78, 5) is 26.2. The van der Waals surface area contributed by atoms with Gasteiger partial charge >= 0.3 is 5.97 Å². The number of aromatic nitrogens is 3. The highest BCUT2D eigenvalue weighted by Crippen LogP contribution is 2.14. The summed E-state index contributed by atoms with van der Waals surface area (Å²) in [5.74, 6) is 0.952. The molecule has 0 saturated carbocycles. The van der Waals surface area contributed by atoms with E-state index in [0.717, 1.165) is 0 Å². The van der Waals surface area contributed by atoms with Gasteiger partial charge in [-0.05, 0) is 5.92 Å². The van der Waals surface area contributed by atoms with Gasteiger partial charge in [-0.2, -0.15) is 15.0 Å². The second kappa shape index (κ2) is 6.88. The van der Waals surface area contributed by atoms with Gasteiger partial charge in [-0.1, -0.05) is 13.8 Å². The van der Waals surface area contributed by atoms with Gasteiger partial charge in [0.15, 0.2) is 0 Å². The summed E-state index contributed by atoms with van der Waals surface area (Å²) >= 11 is 0. The molecule has 0 saturated heterocycles. The van der Waals surface area contributed by atoms with Crippen LogP contribution in [-0.2, 0) is 9.53 Å². The van der Waals surface area contributed by atoms with Crippen molar-refractivity contribution in [1.82, 2.24) is 15.0 Å². The maximum atomic E-state index is 11.7. The first kappa shape index (κ1) is 15.9. The van der Waals surface area contributed by atoms with Crippen molar-refractivity contribution < 1.29 is 9.53 Å². The number of hydrogen-bond donors (Lipinski definition) is 2. The Morgan fingerprint density at radius 3 is 2.25 bits per heavy atom. The van der Waals surface area contributed by atoms with Crippen molar-refractivity contribution in [3.8, 4) is 0 Å². The normalized spacial score (nSPS) is 11.9. The standard InChI is InChI=1S/C12H22N6O2/c1-7(2)8(9(19)20-6)14-11-15-10(13-3)16-12(17-11)18(4)5/h7-8H,1-6H3,(H2,13,14,15,16,17). The molecule has 2 N–H and O–H groups in total. The Labute approximate surface area is 119 Å². The molecule has 1 unspecified atom stereocenters. The van der Waals surface area contributed by atoms with Crippen LogP contribution in [0.15, 0.2) is 0 Å². The average Bonchev–Trinajstić information content (AvgIpc) is 2.43. The number of carbonyl (C=O) groups is 1. The summed E-state index contributed by atoms with van der Waals surface area (Å²) in [6, 6.07) is -0.512. The van der Waals surface area contributed by atoms with Gasteiger partial charge in [-0.3, -0.25) is 0 Å². The predicted molar refractivity (Wildman–Crippen MR) is 78.0 cm³/mol. The van der Waals surface area contributed by atoms with E-state index in [1.54, 1.807) is 11.9 Å². The van der Waals surface area contributed by atoms with Crippen molar-refractivity contribution in [1.29, 1.82) is 0 Å². The van der Waals surface area contributed by atoms with Crippen LogP contribution in [0.3, 0.4) is 0 Å². The molecule has 0 spiro atoms. The Balaban J connectivity index is 3.05. The lowest BCUT2D eigenvalue weighted by Crippen LogP contribution is -2.36. The van der Waals surface area contributed by atoms with E-state index < -0.39 is 6.04 Å². The van der Waals surface area contributed by atoms with Crippen LogP contribution in [0.2, 0.25) is 0 Å². The fourth-order valence-electron chi connectivity index (χ4n) is 1.50. The van der Waals surface area contributed by atoms with Crippen molar-refractivity contribution in [2.24, 2.45) is 5.92 Å². The third-order valence-electron chi connectivity index (χ3n) is 2.65. The van der Waals surface area contributed by atoms with Gasteiger partial charge in [-0.15, -0.1) is 0 Å². The molecule has 1 atom stereocenters. The molecule has 8 heteroatoms. The molecular formula is C12H22N6O2. The third-order valence-corrected chi connectivity index (χ3v) is 2.65. The van der Waals surface area contributed by atoms with E-state index in [-0.39, 0.29) is 11.9 Å². The Kier molecular flexibility index (Phi) is 5.48. The molecule has 0 aliphatic rings. The van der Waals surface area contributed by atoms with Crippen LogP contribution < -0.4 is 15.5 Å². The van der Waals surface area contributed by atoms with E-state index in [4.69, 9.17) is 4.74 Å². The highest BCUT2D eigenvalue weighted by molar-refractivity contribution is 5.78. The van der Waals surface area contributed by atoms with Gasteiger partial charge in [0.1, 0.15) is 6.04 Å². The zero-order valence-corrected chi connectivity index (χ0v) is 12.8. The smallest absolute Gasteiger partial charge is 0.328 e. The topological polar surface area (TPSA) is 92.3 Å². The minimum Gasteiger partial charge on any atom is -0.467 e. The van der Waals surface area contributed by atoms with Crippen LogP contribution >= 0.6 is 0 Å². The number of nitrogens with one attached hydrogen (secondary N) is 2. The van der Waals surface area contributed by atoms with Crippen molar-refractivity contribution in [3.05, 3.63) is 0 Å². The lowest BCUT2D eigenvalue weighted by molar-refractivity contribution is -0.142. The van der Waals surface area contributed by atoms with Crippen LogP contribution in [0, 0.1) is 5.92 Å². The lowest BCUT2D eigenvalue weighted by Gasteiger charge is -2.20. The Hall–Kier alpha value is -2.12. The summed E-state index contributed by atoms with van der Waals surface area (Å²) in [5, 5.41) is 5.86. The van der Waals surface area contributed by atoms with E-state index in [1.807, 2.05) is 27.9 Å². The lowest BCUT2D eigenvalue weighted by atomic mass is 10.1. The number of hydrogen-bond acceptors (Lipinski definition) is 8. The fraction of sp³-hybridized carbons (Fsp3) is 0.667. The minimum absolute atomic E-state index is 0.0417. The number of esters is 1. The van der Waals surface area contributed by atoms with Crippen LogP contribution in [-0.4, -0.2) is 55.2 Å². The van der Waals surface area contributed by atoms with Gasteiger partial charge < -0.3 is 20.3 Å². The summed E-state index contributed by atoms with van der Waals surface area (Å²) in [6.45, 7) is 3.84. The first-order valence-electron chi connectivity index (χ1n) is 6.34. The molecule has 0 fully saturated rings. The third kappa shape index (κ3) is 3.94. The monoisotopic (exact) mass is 282 g/mol. The van der Waals surface area contributed by atoms with Crippen LogP contribution in [0.5, 0.6) is 0 Å². The first-order valence-corrected chi connectivity index (χ1v) is 6.34. The molecule has 20 heavy (non-hydrogen) atoms. The van der Waals surface area contributed by atoms with Crippen molar-refractivity contribution in [3.63, 3.8) is 0 Å². The van der Waals surface area contributed by atoms with E-state index in [1.165, 1.54) is 7.11 Å². The van der Waals surface area contributed by atoms with Crippen LogP contribution in [0.4, 0.5) is 17.8 Å². The van der Waals surface area contributed by atoms with Crippen LogP contribution in [0.25, 0.3) is 0 Å². The van der Waals surface area contributed by atoms with Gasteiger partial charge in [-0.25, -0.2) is 4.79 Å². The summed E-state index contributed by atoms with van der Waals surface area (Å²) in [7, 11) is 6.74. The maximum Gasteiger partial charge on any atom is 0.328 e. The molecule has 0 aromatic carbocycles. The van der Waals surface area contributed by atoms with E-state index in [2.05, 4.69) is 25.6 Å². The van der Waals surface area contributed by atoms with Crippen molar-refractivity contribution in [2.45, 2.75) is 19.9 Å². The Morgan fingerprint density at radius 2 is 1.80 bits per heavy atom. The number of rotatable bonds is 6. The fourth-order valence-corrected chi connectivity index (χ4v) is 1.50. The molecule has 1 aromatic rings. The zero-order valence-electron chi connectivity index (χ0n) is 12.8. The first-order chi connectivity index (χ1) is 9.38. The number of ether oxygens (including phenoxy) is 1. The molecule has 0 aliphatic carbocycles. The summed E-state index contributed by atoms with van der Waals surface area (Å²) in [5.41, 5.74) is 0. The van der Waals surface area contributed by atoms with Crippen molar-refractivity contribution in [2.75, 3.05) is 43.8 Å². The van der Waals surface area contributed by atoms with Gasteiger partial charge in [0.2, 0.25) is 17.8 Å². The van der Waals surface area contributed by atoms with Gasteiger partial charge in [0.05, 0.1) is 7.11 Å². The summed E-state index contributed by atoms with van der Waals surface area (Å²) < 4.78 is 4.78. The molecular weight excluding hydrogens is 260 g/mol. The van der Waals surface area contributed by atoms with Crippen LogP contribution in [0.1, 0.15) is 13.8 Å². The highest BCUT2D eigenvalue weighted by atomic mass is 16.5. The molecule has 0 aliphatic heterocycles. The largest absolute Gasteiger partial charge is 0.467 e. The predicted octanol–water partition coefficient (Wildman–Crippen LogP) is 0.589. The quantitative estimate of drug-likeness (QED) is 0.732. The zero-order chi connectivity index (χ0) is 15.3. The van der Waals surface area contributed by atoms with Crippen molar-refractivity contribution >= 4 is 23.8 Å². The molecule has 112 valence electrons. The average molecular weight is 282 g/mol. The van der Waals surface area contributed by atoms with E-state index >= 15 is 0 Å².